The van der Waals surface area contributed by atoms with Crippen LogP contribution in [0.15, 0.2) is 0 Å². The van der Waals surface area contributed by atoms with Crippen LogP contribution in [0.1, 0.15) is 70.6 Å². The second-order valence-electron chi connectivity index (χ2n) is 6.63. The lowest BCUT2D eigenvalue weighted by Gasteiger charge is -2.33. The monoisotopic (exact) mass is 299 g/mol. The Labute approximate surface area is 129 Å². The Kier molecular flexibility index (Phi) is 7.75. The van der Waals surface area contributed by atoms with E-state index in [0.29, 0.717) is 11.7 Å². The van der Waals surface area contributed by atoms with E-state index in [1.54, 1.807) is 0 Å². The molecule has 0 aromatic heterocycles. The van der Waals surface area contributed by atoms with E-state index < -0.39 is 0 Å². The Balaban J connectivity index is 1.46. The zero-order chi connectivity index (χ0) is 14.1. The summed E-state index contributed by atoms with van der Waals surface area (Å²) in [5, 5.41) is 3.61. The summed E-state index contributed by atoms with van der Waals surface area (Å²) in [6.07, 6.45) is 17.6. The molecule has 0 bridgehead atoms. The molecule has 1 spiro atoms. The first kappa shape index (κ1) is 16.6. The maximum Gasteiger partial charge on any atom is 0.0708 e. The predicted molar refractivity (Wildman–Crippen MR) is 89.6 cm³/mol. The van der Waals surface area contributed by atoms with E-state index in [-0.39, 0.29) is 0 Å². The third-order valence-corrected chi connectivity index (χ3v) is 5.62. The van der Waals surface area contributed by atoms with Gasteiger partial charge in [-0.15, -0.1) is 0 Å². The van der Waals surface area contributed by atoms with Gasteiger partial charge in [0.25, 0.3) is 0 Å². The van der Waals surface area contributed by atoms with Crippen molar-refractivity contribution < 1.29 is 4.74 Å². The zero-order valence-corrected chi connectivity index (χ0v) is 14.1. The van der Waals surface area contributed by atoms with Crippen LogP contribution in [-0.4, -0.2) is 36.8 Å². The highest BCUT2D eigenvalue weighted by Gasteiger charge is 2.40. The van der Waals surface area contributed by atoms with Crippen molar-refractivity contribution in [2.45, 2.75) is 82.3 Å². The summed E-state index contributed by atoms with van der Waals surface area (Å²) in [4.78, 5) is 0. The van der Waals surface area contributed by atoms with E-state index in [4.69, 9.17) is 4.74 Å². The fraction of sp³-hybridized carbons (Fsp3) is 1.00. The van der Waals surface area contributed by atoms with Crippen molar-refractivity contribution in [2.75, 3.05) is 25.1 Å². The highest BCUT2D eigenvalue weighted by atomic mass is 32.2. The van der Waals surface area contributed by atoms with Gasteiger partial charge in [-0.25, -0.2) is 0 Å². The van der Waals surface area contributed by atoms with Gasteiger partial charge >= 0.3 is 0 Å². The molecule has 1 unspecified atom stereocenters. The average molecular weight is 300 g/mol. The van der Waals surface area contributed by atoms with Gasteiger partial charge in [-0.3, -0.25) is 0 Å². The van der Waals surface area contributed by atoms with E-state index in [0.717, 1.165) is 6.54 Å². The highest BCUT2D eigenvalue weighted by molar-refractivity contribution is 7.98. The molecule has 1 saturated heterocycles. The van der Waals surface area contributed by atoms with Crippen LogP contribution in [0.2, 0.25) is 0 Å². The van der Waals surface area contributed by atoms with Crippen molar-refractivity contribution in [3.05, 3.63) is 0 Å². The molecule has 0 radical (unpaired) electrons. The third-order valence-electron chi connectivity index (χ3n) is 4.93. The quantitative estimate of drug-likeness (QED) is 0.638. The Morgan fingerprint density at radius 1 is 1.05 bits per heavy atom. The molecule has 0 amide bonds. The van der Waals surface area contributed by atoms with Crippen LogP contribution < -0.4 is 5.32 Å². The molecule has 1 aliphatic heterocycles. The summed E-state index contributed by atoms with van der Waals surface area (Å²) < 4.78 is 6.38. The van der Waals surface area contributed by atoms with E-state index in [2.05, 4.69) is 11.6 Å². The van der Waals surface area contributed by atoms with E-state index >= 15 is 0 Å². The number of ether oxygens (including phenoxy) is 1. The molecule has 1 N–H and O–H groups in total. The highest BCUT2D eigenvalue weighted by Crippen LogP contribution is 2.41. The molecule has 1 aliphatic carbocycles. The molecule has 3 heteroatoms. The number of nitrogens with one attached hydrogen (secondary N) is 1. The lowest BCUT2D eigenvalue weighted by Crippen LogP contribution is -2.34. The molecule has 2 fully saturated rings. The van der Waals surface area contributed by atoms with Gasteiger partial charge in [-0.1, -0.05) is 32.1 Å². The predicted octanol–water partition coefficient (Wildman–Crippen LogP) is 4.38. The van der Waals surface area contributed by atoms with Crippen molar-refractivity contribution in [3.8, 4) is 0 Å². The lowest BCUT2D eigenvalue weighted by molar-refractivity contribution is -0.0623. The summed E-state index contributed by atoms with van der Waals surface area (Å²) in [5.74, 6) is 1.32. The van der Waals surface area contributed by atoms with Crippen LogP contribution in [-0.2, 0) is 4.74 Å². The lowest BCUT2D eigenvalue weighted by atomic mass is 9.83. The van der Waals surface area contributed by atoms with Gasteiger partial charge < -0.3 is 10.1 Å². The van der Waals surface area contributed by atoms with Gasteiger partial charge in [0.1, 0.15) is 0 Å². The molecular weight excluding hydrogens is 266 g/mol. The molecule has 0 aromatic carbocycles. The molecule has 1 atom stereocenters. The Morgan fingerprint density at radius 2 is 1.85 bits per heavy atom. The number of hydrogen-bond donors (Lipinski definition) is 1. The van der Waals surface area contributed by atoms with Crippen LogP contribution in [0.25, 0.3) is 0 Å². The largest absolute Gasteiger partial charge is 0.370 e. The maximum absolute atomic E-state index is 6.38. The molecule has 2 aliphatic rings. The Hall–Kier alpha value is 0.270. The van der Waals surface area contributed by atoms with Crippen LogP contribution in [0.5, 0.6) is 0 Å². The topological polar surface area (TPSA) is 21.3 Å². The summed E-state index contributed by atoms with van der Waals surface area (Å²) in [7, 11) is 0. The minimum Gasteiger partial charge on any atom is -0.370 e. The first-order valence-electron chi connectivity index (χ1n) is 8.72. The van der Waals surface area contributed by atoms with Crippen LogP contribution in [0, 0.1) is 0 Å². The van der Waals surface area contributed by atoms with E-state index in [1.165, 1.54) is 82.9 Å². The van der Waals surface area contributed by atoms with Gasteiger partial charge in [-0.2, -0.15) is 11.8 Å². The minimum atomic E-state index is 0.294. The summed E-state index contributed by atoms with van der Waals surface area (Å²) >= 11 is 1.97. The molecule has 118 valence electrons. The van der Waals surface area contributed by atoms with Gasteiger partial charge in [0.05, 0.1) is 11.7 Å². The molecule has 20 heavy (non-hydrogen) atoms. The second kappa shape index (κ2) is 9.32. The molecule has 2 rings (SSSR count). The van der Waals surface area contributed by atoms with Gasteiger partial charge in [0.2, 0.25) is 0 Å². The van der Waals surface area contributed by atoms with E-state index in [1.807, 2.05) is 11.8 Å². The summed E-state index contributed by atoms with van der Waals surface area (Å²) in [5.41, 5.74) is 0.294. The normalized spacial score (nSPS) is 25.4. The van der Waals surface area contributed by atoms with Gasteiger partial charge in [-0.05, 0) is 57.1 Å². The fourth-order valence-corrected chi connectivity index (χ4v) is 4.21. The fourth-order valence-electron chi connectivity index (χ4n) is 3.72. The van der Waals surface area contributed by atoms with Crippen LogP contribution in [0.3, 0.4) is 0 Å². The number of unbranched alkanes of at least 4 members (excludes halogenated alkanes) is 3. The summed E-state index contributed by atoms with van der Waals surface area (Å²) in [6, 6.07) is 0. The Morgan fingerprint density at radius 3 is 2.65 bits per heavy atom. The van der Waals surface area contributed by atoms with Crippen LogP contribution >= 0.6 is 11.8 Å². The molecule has 1 heterocycles. The first-order valence-corrected chi connectivity index (χ1v) is 10.1. The van der Waals surface area contributed by atoms with Crippen molar-refractivity contribution in [1.82, 2.24) is 5.32 Å². The second-order valence-corrected chi connectivity index (χ2v) is 7.62. The molecule has 1 saturated carbocycles. The maximum atomic E-state index is 6.38. The van der Waals surface area contributed by atoms with Crippen molar-refractivity contribution in [3.63, 3.8) is 0 Å². The number of thioether (sulfide) groups is 1. The average Bonchev–Trinajstić information content (AvgIpc) is 2.85. The Bertz CT molecular complexity index is 253. The number of rotatable bonds is 9. The van der Waals surface area contributed by atoms with Crippen LogP contribution in [0.4, 0.5) is 0 Å². The minimum absolute atomic E-state index is 0.294. The smallest absolute Gasteiger partial charge is 0.0708 e. The molecule has 2 nitrogen and oxygen atoms in total. The molecular formula is C17H33NOS. The van der Waals surface area contributed by atoms with Crippen molar-refractivity contribution in [1.29, 1.82) is 0 Å². The SMILES string of the molecule is CSCCCCCCNCC1CCC2(CCCCC2)O1. The van der Waals surface area contributed by atoms with Gasteiger partial charge in [0.15, 0.2) is 0 Å². The van der Waals surface area contributed by atoms with Gasteiger partial charge in [0, 0.05) is 6.54 Å². The number of hydrogen-bond acceptors (Lipinski definition) is 3. The van der Waals surface area contributed by atoms with E-state index in [9.17, 15) is 0 Å². The van der Waals surface area contributed by atoms with Crippen molar-refractivity contribution >= 4 is 11.8 Å². The molecule has 0 aromatic rings. The first-order chi connectivity index (χ1) is 9.85. The van der Waals surface area contributed by atoms with Crippen molar-refractivity contribution in [2.24, 2.45) is 0 Å². The summed E-state index contributed by atoms with van der Waals surface area (Å²) in [6.45, 7) is 2.25. The zero-order valence-electron chi connectivity index (χ0n) is 13.3. The standard InChI is InChI=1S/C17H33NOS/c1-20-14-8-3-2-7-13-18-15-16-9-12-17(19-16)10-5-4-6-11-17/h16,18H,2-15H2,1H3. The third kappa shape index (κ3) is 5.57.